The summed E-state index contributed by atoms with van der Waals surface area (Å²) in [6, 6.07) is 0. The summed E-state index contributed by atoms with van der Waals surface area (Å²) >= 11 is 0. The predicted molar refractivity (Wildman–Crippen MR) is 70.1 cm³/mol. The molecular formula is C14H28O3. The fourth-order valence-corrected chi connectivity index (χ4v) is 1.95. The van der Waals surface area contributed by atoms with Gasteiger partial charge in [0.25, 0.3) is 0 Å². The summed E-state index contributed by atoms with van der Waals surface area (Å²) in [5.41, 5.74) is 0. The van der Waals surface area contributed by atoms with Crippen molar-refractivity contribution in [3.63, 3.8) is 0 Å². The first-order chi connectivity index (χ1) is 8.16. The molecule has 3 heteroatoms. The van der Waals surface area contributed by atoms with Crippen molar-refractivity contribution in [3.05, 3.63) is 0 Å². The number of carboxylic acid groups (broad SMARTS) is 1. The Kier molecular flexibility index (Phi) is 11.5. The van der Waals surface area contributed by atoms with Crippen molar-refractivity contribution in [1.82, 2.24) is 0 Å². The van der Waals surface area contributed by atoms with Crippen LogP contribution in [0, 0.1) is 0 Å². The van der Waals surface area contributed by atoms with E-state index >= 15 is 0 Å². The highest BCUT2D eigenvalue weighted by Gasteiger charge is 2.02. The molecule has 0 amide bonds. The Balaban J connectivity index is 3.10. The Morgan fingerprint density at radius 1 is 0.941 bits per heavy atom. The quantitative estimate of drug-likeness (QED) is 0.514. The molecule has 1 atom stereocenters. The molecule has 17 heavy (non-hydrogen) atoms. The number of aliphatic hydroxyl groups is 1. The van der Waals surface area contributed by atoms with Crippen LogP contribution in [0.1, 0.15) is 77.6 Å². The van der Waals surface area contributed by atoms with Crippen molar-refractivity contribution < 1.29 is 15.0 Å². The molecule has 0 radical (unpaired) electrons. The van der Waals surface area contributed by atoms with Crippen LogP contribution in [0.25, 0.3) is 0 Å². The van der Waals surface area contributed by atoms with E-state index in [1.807, 2.05) is 0 Å². The van der Waals surface area contributed by atoms with E-state index in [1.54, 1.807) is 0 Å². The highest BCUT2D eigenvalue weighted by molar-refractivity contribution is 5.66. The lowest BCUT2D eigenvalue weighted by atomic mass is 10.0. The van der Waals surface area contributed by atoms with E-state index < -0.39 is 5.97 Å². The Morgan fingerprint density at radius 3 is 2.06 bits per heavy atom. The summed E-state index contributed by atoms with van der Waals surface area (Å²) in [7, 11) is 0. The number of rotatable bonds is 12. The Bertz CT molecular complexity index is 180. The Hall–Kier alpha value is -0.570. The molecule has 0 aromatic heterocycles. The summed E-state index contributed by atoms with van der Waals surface area (Å²) in [5, 5.41) is 18.1. The molecule has 0 rings (SSSR count). The summed E-state index contributed by atoms with van der Waals surface area (Å²) in [4.78, 5) is 10.3. The minimum absolute atomic E-state index is 0.109. The fraction of sp³-hybridized carbons (Fsp3) is 0.929. The van der Waals surface area contributed by atoms with Crippen molar-refractivity contribution >= 4 is 5.97 Å². The lowest BCUT2D eigenvalue weighted by Crippen LogP contribution is -2.05. The fourth-order valence-electron chi connectivity index (χ4n) is 1.95. The van der Waals surface area contributed by atoms with Crippen LogP contribution >= 0.6 is 0 Å². The van der Waals surface area contributed by atoms with E-state index in [4.69, 9.17) is 5.11 Å². The van der Waals surface area contributed by atoms with E-state index in [1.165, 1.54) is 6.42 Å². The topological polar surface area (TPSA) is 57.5 Å². The zero-order chi connectivity index (χ0) is 12.9. The summed E-state index contributed by atoms with van der Waals surface area (Å²) in [6.45, 7) is 2.14. The third kappa shape index (κ3) is 13.4. The lowest BCUT2D eigenvalue weighted by Gasteiger charge is -2.09. The van der Waals surface area contributed by atoms with Crippen LogP contribution in [0.15, 0.2) is 0 Å². The standard InChI is InChI=1S/C14H28O3/c1-2-3-10-13(15)11-8-6-4-5-7-9-12-14(16)17/h13,15H,2-12H2,1H3,(H,16,17). The summed E-state index contributed by atoms with van der Waals surface area (Å²) in [5.74, 6) is -0.691. The van der Waals surface area contributed by atoms with Gasteiger partial charge in [0.1, 0.15) is 0 Å². The van der Waals surface area contributed by atoms with Gasteiger partial charge in [-0.3, -0.25) is 4.79 Å². The molecule has 0 aliphatic heterocycles. The second-order valence-electron chi connectivity index (χ2n) is 4.85. The molecule has 102 valence electrons. The molecule has 0 aromatic rings. The second kappa shape index (κ2) is 11.9. The molecular weight excluding hydrogens is 216 g/mol. The average molecular weight is 244 g/mol. The van der Waals surface area contributed by atoms with Crippen molar-refractivity contribution in [2.45, 2.75) is 83.7 Å². The number of hydrogen-bond acceptors (Lipinski definition) is 2. The molecule has 0 aromatic carbocycles. The minimum Gasteiger partial charge on any atom is -0.481 e. The van der Waals surface area contributed by atoms with Crippen molar-refractivity contribution in [3.8, 4) is 0 Å². The smallest absolute Gasteiger partial charge is 0.303 e. The molecule has 0 saturated carbocycles. The maximum atomic E-state index is 10.3. The van der Waals surface area contributed by atoms with E-state index in [9.17, 15) is 9.90 Å². The first-order valence-corrected chi connectivity index (χ1v) is 7.06. The van der Waals surface area contributed by atoms with Crippen molar-refractivity contribution in [2.24, 2.45) is 0 Å². The van der Waals surface area contributed by atoms with Gasteiger partial charge in [0.05, 0.1) is 6.10 Å². The predicted octanol–water partition coefficient (Wildman–Crippen LogP) is 3.74. The molecule has 3 nitrogen and oxygen atoms in total. The Labute approximate surface area is 105 Å². The molecule has 0 saturated heterocycles. The summed E-state index contributed by atoms with van der Waals surface area (Å²) < 4.78 is 0. The maximum Gasteiger partial charge on any atom is 0.303 e. The van der Waals surface area contributed by atoms with E-state index in [2.05, 4.69) is 6.92 Å². The summed E-state index contributed by atoms with van der Waals surface area (Å²) in [6.07, 6.45) is 10.7. The SMILES string of the molecule is CCCCC(O)CCCCCCCCC(=O)O. The molecule has 0 heterocycles. The first kappa shape index (κ1) is 16.4. The molecule has 1 unspecified atom stereocenters. The van der Waals surface area contributed by atoms with Crippen LogP contribution < -0.4 is 0 Å². The van der Waals surface area contributed by atoms with E-state index in [0.717, 1.165) is 57.8 Å². The first-order valence-electron chi connectivity index (χ1n) is 7.06. The average Bonchev–Trinajstić information content (AvgIpc) is 2.29. The van der Waals surface area contributed by atoms with Gasteiger partial charge in [0, 0.05) is 6.42 Å². The van der Waals surface area contributed by atoms with Gasteiger partial charge in [0.2, 0.25) is 0 Å². The van der Waals surface area contributed by atoms with Gasteiger partial charge < -0.3 is 10.2 Å². The number of aliphatic hydroxyl groups excluding tert-OH is 1. The van der Waals surface area contributed by atoms with Crippen LogP contribution in [0.3, 0.4) is 0 Å². The monoisotopic (exact) mass is 244 g/mol. The normalized spacial score (nSPS) is 12.6. The van der Waals surface area contributed by atoms with Gasteiger partial charge in [-0.25, -0.2) is 0 Å². The zero-order valence-corrected chi connectivity index (χ0v) is 11.2. The van der Waals surface area contributed by atoms with Gasteiger partial charge in [-0.15, -0.1) is 0 Å². The number of carbonyl (C=O) groups is 1. The number of carboxylic acids is 1. The van der Waals surface area contributed by atoms with Gasteiger partial charge in [-0.05, 0) is 19.3 Å². The molecule has 0 spiro atoms. The molecule has 0 bridgehead atoms. The van der Waals surface area contributed by atoms with Crippen LogP contribution in [0.5, 0.6) is 0 Å². The highest BCUT2D eigenvalue weighted by atomic mass is 16.4. The highest BCUT2D eigenvalue weighted by Crippen LogP contribution is 2.12. The van der Waals surface area contributed by atoms with Crippen LogP contribution in [-0.2, 0) is 4.79 Å². The largest absolute Gasteiger partial charge is 0.481 e. The number of unbranched alkanes of at least 4 members (excludes halogenated alkanes) is 6. The van der Waals surface area contributed by atoms with E-state index in [-0.39, 0.29) is 6.10 Å². The molecule has 0 aliphatic rings. The third-order valence-electron chi connectivity index (χ3n) is 3.07. The number of hydrogen-bond donors (Lipinski definition) is 2. The van der Waals surface area contributed by atoms with Crippen LogP contribution in [0.2, 0.25) is 0 Å². The lowest BCUT2D eigenvalue weighted by molar-refractivity contribution is -0.137. The van der Waals surface area contributed by atoms with E-state index in [0.29, 0.717) is 6.42 Å². The van der Waals surface area contributed by atoms with Crippen molar-refractivity contribution in [2.75, 3.05) is 0 Å². The van der Waals surface area contributed by atoms with Gasteiger partial charge >= 0.3 is 5.97 Å². The molecule has 0 fully saturated rings. The number of aliphatic carboxylic acids is 1. The zero-order valence-electron chi connectivity index (χ0n) is 11.2. The molecule has 2 N–H and O–H groups in total. The maximum absolute atomic E-state index is 10.3. The Morgan fingerprint density at radius 2 is 1.47 bits per heavy atom. The second-order valence-corrected chi connectivity index (χ2v) is 4.85. The molecule has 0 aliphatic carbocycles. The van der Waals surface area contributed by atoms with Gasteiger partial charge in [-0.2, -0.15) is 0 Å². The van der Waals surface area contributed by atoms with Crippen molar-refractivity contribution in [1.29, 1.82) is 0 Å². The van der Waals surface area contributed by atoms with Gasteiger partial charge in [0.15, 0.2) is 0 Å². The minimum atomic E-state index is -0.691. The van der Waals surface area contributed by atoms with Gasteiger partial charge in [-0.1, -0.05) is 51.9 Å². The van der Waals surface area contributed by atoms with Crippen LogP contribution in [-0.4, -0.2) is 22.3 Å². The van der Waals surface area contributed by atoms with Crippen LogP contribution in [0.4, 0.5) is 0 Å². The third-order valence-corrected chi connectivity index (χ3v) is 3.07.